The topological polar surface area (TPSA) is 69.0 Å². The van der Waals surface area contributed by atoms with E-state index in [2.05, 4.69) is 27.3 Å². The molecule has 24 heavy (non-hydrogen) atoms. The number of nitrogens with one attached hydrogen (secondary N) is 1. The molecule has 2 aromatic rings. The molecule has 5 nitrogen and oxygen atoms in total. The zero-order valence-corrected chi connectivity index (χ0v) is 14.4. The third-order valence-corrected chi connectivity index (χ3v) is 5.45. The first-order chi connectivity index (χ1) is 11.7. The van der Waals surface area contributed by atoms with Gasteiger partial charge < -0.3 is 10.2 Å². The van der Waals surface area contributed by atoms with Gasteiger partial charge in [0.2, 0.25) is 5.91 Å². The fourth-order valence-corrected chi connectivity index (χ4v) is 3.68. The number of thiophene rings is 1. The Morgan fingerprint density at radius 1 is 1.42 bits per heavy atom. The van der Waals surface area contributed by atoms with Crippen LogP contribution >= 0.6 is 11.3 Å². The van der Waals surface area contributed by atoms with Gasteiger partial charge in [-0.2, -0.15) is 5.26 Å². The van der Waals surface area contributed by atoms with E-state index < -0.39 is 0 Å². The van der Waals surface area contributed by atoms with Crippen molar-refractivity contribution in [1.82, 2.24) is 10.3 Å². The van der Waals surface area contributed by atoms with Crippen LogP contribution < -0.4 is 10.2 Å². The highest BCUT2D eigenvalue weighted by molar-refractivity contribution is 7.10. The third-order valence-electron chi connectivity index (χ3n) is 4.40. The number of carbonyl (C=O) groups excluding carboxylic acids is 1. The molecule has 1 fully saturated rings. The lowest BCUT2D eigenvalue weighted by molar-refractivity contribution is -0.126. The minimum Gasteiger partial charge on any atom is -0.357 e. The molecule has 0 bridgehead atoms. The fraction of sp³-hybridized carbons (Fsp3) is 0.389. The summed E-state index contributed by atoms with van der Waals surface area (Å²) in [6.45, 7) is 3.65. The number of amides is 1. The second-order valence-electron chi connectivity index (χ2n) is 6.02. The van der Waals surface area contributed by atoms with Gasteiger partial charge in [-0.05, 0) is 43.3 Å². The Labute approximate surface area is 145 Å². The normalized spacial score (nSPS) is 16.4. The van der Waals surface area contributed by atoms with Crippen LogP contribution in [0, 0.1) is 17.2 Å². The first kappa shape index (κ1) is 16.5. The summed E-state index contributed by atoms with van der Waals surface area (Å²) in [6.07, 6.45) is 3.24. The molecule has 0 unspecified atom stereocenters. The molecule has 1 atom stereocenters. The molecule has 1 aliphatic rings. The van der Waals surface area contributed by atoms with Gasteiger partial charge in [0.15, 0.2) is 0 Å². The summed E-state index contributed by atoms with van der Waals surface area (Å²) in [5.74, 6) is 1.07. The Kier molecular flexibility index (Phi) is 5.11. The maximum Gasteiger partial charge on any atom is 0.223 e. The summed E-state index contributed by atoms with van der Waals surface area (Å²) in [4.78, 5) is 20.1. The number of piperidine rings is 1. The Bertz CT molecular complexity index is 712. The monoisotopic (exact) mass is 340 g/mol. The van der Waals surface area contributed by atoms with Crippen LogP contribution in [0.15, 0.2) is 35.8 Å². The predicted octanol–water partition coefficient (Wildman–Crippen LogP) is 3.11. The Hall–Kier alpha value is -2.39. The van der Waals surface area contributed by atoms with Crippen molar-refractivity contribution < 1.29 is 4.79 Å². The van der Waals surface area contributed by atoms with E-state index in [-0.39, 0.29) is 17.9 Å². The van der Waals surface area contributed by atoms with Crippen molar-refractivity contribution in [2.24, 2.45) is 5.92 Å². The zero-order chi connectivity index (χ0) is 16.9. The maximum atomic E-state index is 12.5. The van der Waals surface area contributed by atoms with E-state index in [1.807, 2.05) is 24.4 Å². The smallest absolute Gasteiger partial charge is 0.223 e. The number of rotatable bonds is 4. The molecule has 0 saturated carbocycles. The summed E-state index contributed by atoms with van der Waals surface area (Å²) >= 11 is 1.67. The molecule has 1 aliphatic heterocycles. The van der Waals surface area contributed by atoms with Crippen molar-refractivity contribution in [1.29, 1.82) is 5.26 Å². The molecule has 0 aromatic carbocycles. The highest BCUT2D eigenvalue weighted by atomic mass is 32.1. The van der Waals surface area contributed by atoms with Crippen molar-refractivity contribution >= 4 is 23.1 Å². The van der Waals surface area contributed by atoms with Crippen LogP contribution in [0.1, 0.15) is 36.2 Å². The molecule has 1 saturated heterocycles. The summed E-state index contributed by atoms with van der Waals surface area (Å²) in [7, 11) is 0. The number of pyridine rings is 1. The SMILES string of the molecule is C[C@H](NC(=O)C1CCN(c2ccc(C#N)cn2)CC1)c1cccs1. The van der Waals surface area contributed by atoms with Crippen molar-refractivity contribution in [3.05, 3.63) is 46.3 Å². The van der Waals surface area contributed by atoms with Gasteiger partial charge in [0.1, 0.15) is 11.9 Å². The number of nitrogens with zero attached hydrogens (tertiary/aromatic N) is 3. The van der Waals surface area contributed by atoms with E-state index >= 15 is 0 Å². The molecule has 1 N–H and O–H groups in total. The maximum absolute atomic E-state index is 12.5. The lowest BCUT2D eigenvalue weighted by Crippen LogP contribution is -2.41. The van der Waals surface area contributed by atoms with E-state index in [4.69, 9.17) is 5.26 Å². The second-order valence-corrected chi connectivity index (χ2v) is 7.00. The minimum atomic E-state index is 0.0574. The number of carbonyl (C=O) groups is 1. The van der Waals surface area contributed by atoms with Crippen LogP contribution in [-0.4, -0.2) is 24.0 Å². The van der Waals surface area contributed by atoms with Crippen molar-refractivity contribution in [2.45, 2.75) is 25.8 Å². The molecule has 0 radical (unpaired) electrons. The van der Waals surface area contributed by atoms with Gasteiger partial charge in [-0.15, -0.1) is 11.3 Å². The number of hydrogen-bond donors (Lipinski definition) is 1. The molecule has 1 amide bonds. The van der Waals surface area contributed by atoms with Gasteiger partial charge in [-0.3, -0.25) is 4.79 Å². The Morgan fingerprint density at radius 2 is 2.21 bits per heavy atom. The quantitative estimate of drug-likeness (QED) is 0.928. The van der Waals surface area contributed by atoms with Gasteiger partial charge in [-0.1, -0.05) is 6.07 Å². The van der Waals surface area contributed by atoms with Gasteiger partial charge in [0, 0.05) is 30.1 Å². The minimum absolute atomic E-state index is 0.0574. The van der Waals surface area contributed by atoms with Crippen LogP contribution in [0.5, 0.6) is 0 Å². The van der Waals surface area contributed by atoms with Crippen molar-refractivity contribution in [3.63, 3.8) is 0 Å². The molecule has 2 aromatic heterocycles. The highest BCUT2D eigenvalue weighted by Gasteiger charge is 2.26. The average molecular weight is 340 g/mol. The first-order valence-electron chi connectivity index (χ1n) is 8.12. The summed E-state index contributed by atoms with van der Waals surface area (Å²) < 4.78 is 0. The van der Waals surface area contributed by atoms with Crippen LogP contribution in [0.25, 0.3) is 0 Å². The largest absolute Gasteiger partial charge is 0.357 e. The van der Waals surface area contributed by atoms with Crippen molar-refractivity contribution in [3.8, 4) is 6.07 Å². The molecule has 6 heteroatoms. The van der Waals surface area contributed by atoms with Gasteiger partial charge in [-0.25, -0.2) is 4.98 Å². The van der Waals surface area contributed by atoms with Crippen LogP contribution in [-0.2, 0) is 4.79 Å². The van der Waals surface area contributed by atoms with E-state index in [0.29, 0.717) is 5.56 Å². The Balaban J connectivity index is 1.52. The third kappa shape index (κ3) is 3.74. The lowest BCUT2D eigenvalue weighted by Gasteiger charge is -2.32. The second kappa shape index (κ2) is 7.45. The first-order valence-corrected chi connectivity index (χ1v) is 9.00. The molecule has 0 aliphatic carbocycles. The molecule has 124 valence electrons. The summed E-state index contributed by atoms with van der Waals surface area (Å²) in [6, 6.07) is 9.85. The molecule has 3 heterocycles. The number of anilines is 1. The zero-order valence-electron chi connectivity index (χ0n) is 13.6. The summed E-state index contributed by atoms with van der Waals surface area (Å²) in [5.41, 5.74) is 0.565. The molecular weight excluding hydrogens is 320 g/mol. The summed E-state index contributed by atoms with van der Waals surface area (Å²) in [5, 5.41) is 14.0. The van der Waals surface area contributed by atoms with Gasteiger partial charge in [0.25, 0.3) is 0 Å². The highest BCUT2D eigenvalue weighted by Crippen LogP contribution is 2.24. The number of aromatic nitrogens is 1. The van der Waals surface area contributed by atoms with E-state index in [1.54, 1.807) is 23.6 Å². The average Bonchev–Trinajstić information content (AvgIpc) is 3.17. The number of nitriles is 1. The molecular formula is C18H20N4OS. The number of hydrogen-bond acceptors (Lipinski definition) is 5. The van der Waals surface area contributed by atoms with Crippen LogP contribution in [0.2, 0.25) is 0 Å². The lowest BCUT2D eigenvalue weighted by atomic mass is 9.95. The van der Waals surface area contributed by atoms with Crippen LogP contribution in [0.4, 0.5) is 5.82 Å². The standard InChI is InChI=1S/C18H20N4OS/c1-13(16-3-2-10-24-16)21-18(23)15-6-8-22(9-7-15)17-5-4-14(11-19)12-20-17/h2-5,10,12-13,15H,6-9H2,1H3,(H,21,23)/t13-/m0/s1. The Morgan fingerprint density at radius 3 is 2.79 bits per heavy atom. The predicted molar refractivity (Wildman–Crippen MR) is 94.8 cm³/mol. The van der Waals surface area contributed by atoms with Gasteiger partial charge >= 0.3 is 0 Å². The van der Waals surface area contributed by atoms with Crippen LogP contribution in [0.3, 0.4) is 0 Å². The molecule has 3 rings (SSSR count). The fourth-order valence-electron chi connectivity index (χ4n) is 2.95. The van der Waals surface area contributed by atoms with E-state index in [9.17, 15) is 4.79 Å². The van der Waals surface area contributed by atoms with Crippen molar-refractivity contribution in [2.75, 3.05) is 18.0 Å². The van der Waals surface area contributed by atoms with E-state index in [0.717, 1.165) is 31.7 Å². The molecule has 0 spiro atoms. The van der Waals surface area contributed by atoms with E-state index in [1.165, 1.54) is 4.88 Å². The van der Waals surface area contributed by atoms with Gasteiger partial charge in [0.05, 0.1) is 11.6 Å².